The van der Waals surface area contributed by atoms with Gasteiger partial charge in [0, 0.05) is 12.7 Å². The molecule has 2 N–H and O–H groups in total. The number of hydrogen-bond donors (Lipinski definition) is 2. The van der Waals surface area contributed by atoms with Gasteiger partial charge in [0.25, 0.3) is 0 Å². The third-order valence-corrected chi connectivity index (χ3v) is 1.40. The van der Waals surface area contributed by atoms with Gasteiger partial charge in [-0.1, -0.05) is 6.07 Å². The van der Waals surface area contributed by atoms with E-state index in [2.05, 4.69) is 4.98 Å². The normalized spacial score (nSPS) is 11.7. The first-order valence-corrected chi connectivity index (χ1v) is 3.43. The monoisotopic (exact) mass is 192 g/mol. The molecule has 0 atom stereocenters. The maximum Gasteiger partial charge on any atom is 0.433 e. The van der Waals surface area contributed by atoms with Crippen molar-refractivity contribution in [1.29, 1.82) is 0 Å². The van der Waals surface area contributed by atoms with Gasteiger partial charge in [0.2, 0.25) is 0 Å². The SMILES string of the molecule is ONCc1ccc(C(F)(F)F)nc1. The second kappa shape index (κ2) is 3.71. The molecule has 0 unspecified atom stereocenters. The number of pyridine rings is 1. The van der Waals surface area contributed by atoms with Crippen LogP contribution >= 0.6 is 0 Å². The van der Waals surface area contributed by atoms with Crippen molar-refractivity contribution in [1.82, 2.24) is 10.5 Å². The molecule has 0 aliphatic heterocycles. The van der Waals surface area contributed by atoms with Crippen LogP contribution in [0.1, 0.15) is 11.3 Å². The van der Waals surface area contributed by atoms with Crippen molar-refractivity contribution < 1.29 is 18.4 Å². The number of nitrogens with zero attached hydrogens (tertiary/aromatic N) is 1. The Labute approximate surface area is 72.2 Å². The number of halogens is 3. The van der Waals surface area contributed by atoms with Crippen molar-refractivity contribution >= 4 is 0 Å². The number of nitrogens with one attached hydrogen (secondary N) is 1. The van der Waals surface area contributed by atoms with E-state index in [1.54, 1.807) is 0 Å². The van der Waals surface area contributed by atoms with Crippen LogP contribution in [-0.4, -0.2) is 10.2 Å². The molecular formula is C7H7F3N2O. The van der Waals surface area contributed by atoms with Crippen molar-refractivity contribution in [2.24, 2.45) is 0 Å². The molecule has 0 aromatic carbocycles. The van der Waals surface area contributed by atoms with Gasteiger partial charge < -0.3 is 5.21 Å². The summed E-state index contributed by atoms with van der Waals surface area (Å²) >= 11 is 0. The van der Waals surface area contributed by atoms with Crippen LogP contribution in [0.15, 0.2) is 18.3 Å². The lowest BCUT2D eigenvalue weighted by molar-refractivity contribution is -0.141. The second-order valence-corrected chi connectivity index (χ2v) is 2.38. The predicted octanol–water partition coefficient (Wildman–Crippen LogP) is 1.58. The summed E-state index contributed by atoms with van der Waals surface area (Å²) < 4.78 is 35.9. The van der Waals surface area contributed by atoms with Crippen LogP contribution in [0.2, 0.25) is 0 Å². The van der Waals surface area contributed by atoms with Crippen molar-refractivity contribution in [2.45, 2.75) is 12.7 Å². The number of hydrogen-bond acceptors (Lipinski definition) is 3. The first-order valence-electron chi connectivity index (χ1n) is 3.43. The van der Waals surface area contributed by atoms with E-state index in [1.807, 2.05) is 5.48 Å². The smallest absolute Gasteiger partial charge is 0.316 e. The highest BCUT2D eigenvalue weighted by molar-refractivity contribution is 5.15. The summed E-state index contributed by atoms with van der Waals surface area (Å²) in [5.41, 5.74) is 1.37. The van der Waals surface area contributed by atoms with Gasteiger partial charge in [0.1, 0.15) is 5.69 Å². The fourth-order valence-electron chi connectivity index (χ4n) is 0.788. The van der Waals surface area contributed by atoms with Crippen molar-refractivity contribution in [3.05, 3.63) is 29.6 Å². The van der Waals surface area contributed by atoms with Gasteiger partial charge in [-0.25, -0.2) is 5.48 Å². The molecule has 72 valence electrons. The lowest BCUT2D eigenvalue weighted by Crippen LogP contribution is -2.10. The zero-order valence-corrected chi connectivity index (χ0v) is 6.47. The number of aromatic nitrogens is 1. The Morgan fingerprint density at radius 1 is 1.38 bits per heavy atom. The highest BCUT2D eigenvalue weighted by Gasteiger charge is 2.31. The Morgan fingerprint density at radius 3 is 2.46 bits per heavy atom. The summed E-state index contributed by atoms with van der Waals surface area (Å²) in [5.74, 6) is 0. The van der Waals surface area contributed by atoms with Gasteiger partial charge in [-0.15, -0.1) is 0 Å². The van der Waals surface area contributed by atoms with Crippen LogP contribution in [0.3, 0.4) is 0 Å². The third kappa shape index (κ3) is 2.67. The molecule has 0 amide bonds. The second-order valence-electron chi connectivity index (χ2n) is 2.38. The van der Waals surface area contributed by atoms with Crippen LogP contribution < -0.4 is 5.48 Å². The zero-order valence-electron chi connectivity index (χ0n) is 6.47. The molecule has 0 spiro atoms. The van der Waals surface area contributed by atoms with Crippen LogP contribution in [0.5, 0.6) is 0 Å². The molecule has 13 heavy (non-hydrogen) atoms. The van der Waals surface area contributed by atoms with Crippen LogP contribution in [0.4, 0.5) is 13.2 Å². The van der Waals surface area contributed by atoms with Gasteiger partial charge in [-0.3, -0.25) is 4.98 Å². The molecule has 0 saturated heterocycles. The topological polar surface area (TPSA) is 45.1 Å². The van der Waals surface area contributed by atoms with Crippen molar-refractivity contribution in [3.63, 3.8) is 0 Å². The number of alkyl halides is 3. The number of hydroxylamine groups is 1. The van der Waals surface area contributed by atoms with E-state index in [9.17, 15) is 13.2 Å². The Morgan fingerprint density at radius 2 is 2.08 bits per heavy atom. The van der Waals surface area contributed by atoms with Gasteiger partial charge in [0.15, 0.2) is 0 Å². The molecule has 0 bridgehead atoms. The van der Waals surface area contributed by atoms with Gasteiger partial charge in [-0.2, -0.15) is 13.2 Å². The van der Waals surface area contributed by atoms with Crippen LogP contribution in [0, 0.1) is 0 Å². The molecule has 1 aromatic rings. The summed E-state index contributed by atoms with van der Waals surface area (Å²) in [6.07, 6.45) is -3.35. The van der Waals surface area contributed by atoms with E-state index in [4.69, 9.17) is 5.21 Å². The Bertz CT molecular complexity index is 270. The van der Waals surface area contributed by atoms with E-state index >= 15 is 0 Å². The molecule has 0 aliphatic rings. The first-order chi connectivity index (χ1) is 6.04. The van der Waals surface area contributed by atoms with Crippen molar-refractivity contribution in [3.8, 4) is 0 Å². The highest BCUT2D eigenvalue weighted by Crippen LogP contribution is 2.26. The maximum absolute atomic E-state index is 12.0. The summed E-state index contributed by atoms with van der Waals surface area (Å²) in [5, 5.41) is 8.25. The Balaban J connectivity index is 2.81. The average Bonchev–Trinajstić information content (AvgIpc) is 2.04. The highest BCUT2D eigenvalue weighted by atomic mass is 19.4. The molecule has 6 heteroatoms. The zero-order chi connectivity index (χ0) is 9.90. The fourth-order valence-corrected chi connectivity index (χ4v) is 0.788. The third-order valence-electron chi connectivity index (χ3n) is 1.40. The van der Waals surface area contributed by atoms with E-state index < -0.39 is 11.9 Å². The van der Waals surface area contributed by atoms with E-state index in [1.165, 1.54) is 6.07 Å². The van der Waals surface area contributed by atoms with E-state index in [0.29, 0.717) is 5.56 Å². The summed E-state index contributed by atoms with van der Waals surface area (Å²) in [7, 11) is 0. The Kier molecular flexibility index (Phi) is 2.84. The number of rotatable bonds is 2. The first kappa shape index (κ1) is 9.94. The van der Waals surface area contributed by atoms with E-state index in [0.717, 1.165) is 12.3 Å². The standard InChI is InChI=1S/C7H7F3N2O/c8-7(9,10)6-2-1-5(3-11-6)4-12-13/h1-3,12-13H,4H2. The van der Waals surface area contributed by atoms with Gasteiger partial charge in [-0.05, 0) is 11.6 Å². The molecule has 0 aliphatic carbocycles. The lowest BCUT2D eigenvalue weighted by Gasteiger charge is -2.05. The predicted molar refractivity (Wildman–Crippen MR) is 37.9 cm³/mol. The summed E-state index contributed by atoms with van der Waals surface area (Å²) in [6, 6.07) is 2.12. The Hall–Kier alpha value is -1.14. The average molecular weight is 192 g/mol. The quantitative estimate of drug-likeness (QED) is 0.699. The molecule has 0 radical (unpaired) electrons. The fraction of sp³-hybridized carbons (Fsp3) is 0.286. The van der Waals surface area contributed by atoms with Crippen LogP contribution in [0.25, 0.3) is 0 Å². The van der Waals surface area contributed by atoms with Crippen LogP contribution in [-0.2, 0) is 12.7 Å². The summed E-state index contributed by atoms with van der Waals surface area (Å²) in [6.45, 7) is 0.0745. The maximum atomic E-state index is 12.0. The molecule has 3 nitrogen and oxygen atoms in total. The van der Waals surface area contributed by atoms with E-state index in [-0.39, 0.29) is 6.54 Å². The minimum Gasteiger partial charge on any atom is -0.316 e. The molecular weight excluding hydrogens is 185 g/mol. The molecule has 1 rings (SSSR count). The van der Waals surface area contributed by atoms with Gasteiger partial charge >= 0.3 is 6.18 Å². The minimum absolute atomic E-state index is 0.0745. The van der Waals surface area contributed by atoms with Crippen molar-refractivity contribution in [2.75, 3.05) is 0 Å². The van der Waals surface area contributed by atoms with Gasteiger partial charge in [0.05, 0.1) is 0 Å². The lowest BCUT2D eigenvalue weighted by atomic mass is 10.2. The molecule has 1 heterocycles. The molecule has 0 fully saturated rings. The molecule has 1 aromatic heterocycles. The summed E-state index contributed by atoms with van der Waals surface area (Å²) in [4.78, 5) is 3.19. The molecule has 0 saturated carbocycles. The minimum atomic E-state index is -4.41. The largest absolute Gasteiger partial charge is 0.433 e.